The molecule has 2 N–H and O–H groups in total. The van der Waals surface area contributed by atoms with Gasteiger partial charge in [-0.2, -0.15) is 0 Å². The normalized spacial score (nSPS) is 33.6. The SMILES string of the molecule is CC(=O)N1CCCC(C(=O)NCC2(O)CCC(C)CC2)C1. The molecule has 1 aliphatic heterocycles. The van der Waals surface area contributed by atoms with Gasteiger partial charge in [-0.05, 0) is 44.4 Å². The lowest BCUT2D eigenvalue weighted by Crippen LogP contribution is -2.49. The number of rotatable bonds is 3. The molecule has 1 unspecified atom stereocenters. The van der Waals surface area contributed by atoms with Crippen molar-refractivity contribution in [3.8, 4) is 0 Å². The Morgan fingerprint density at radius 1 is 1.29 bits per heavy atom. The molecule has 1 atom stereocenters. The van der Waals surface area contributed by atoms with Crippen LogP contribution in [0.4, 0.5) is 0 Å². The Morgan fingerprint density at radius 3 is 2.57 bits per heavy atom. The maximum Gasteiger partial charge on any atom is 0.225 e. The van der Waals surface area contributed by atoms with Gasteiger partial charge in [0.1, 0.15) is 0 Å². The zero-order valence-corrected chi connectivity index (χ0v) is 13.2. The zero-order valence-electron chi connectivity index (χ0n) is 13.2. The summed E-state index contributed by atoms with van der Waals surface area (Å²) in [6.07, 6.45) is 5.27. The lowest BCUT2D eigenvalue weighted by molar-refractivity contribution is -0.134. The molecule has 5 nitrogen and oxygen atoms in total. The van der Waals surface area contributed by atoms with Gasteiger partial charge >= 0.3 is 0 Å². The predicted molar refractivity (Wildman–Crippen MR) is 80.6 cm³/mol. The average molecular weight is 296 g/mol. The highest BCUT2D eigenvalue weighted by Crippen LogP contribution is 2.31. The molecule has 0 aromatic carbocycles. The second-order valence-electron chi connectivity index (χ2n) is 6.93. The number of amides is 2. The van der Waals surface area contributed by atoms with E-state index in [0.29, 0.717) is 19.0 Å². The van der Waals surface area contributed by atoms with Crippen molar-refractivity contribution in [2.75, 3.05) is 19.6 Å². The van der Waals surface area contributed by atoms with Crippen molar-refractivity contribution < 1.29 is 14.7 Å². The summed E-state index contributed by atoms with van der Waals surface area (Å²) < 4.78 is 0. The molecular weight excluding hydrogens is 268 g/mol. The Kier molecular flexibility index (Phi) is 5.25. The smallest absolute Gasteiger partial charge is 0.225 e. The van der Waals surface area contributed by atoms with Crippen LogP contribution in [0.25, 0.3) is 0 Å². The van der Waals surface area contributed by atoms with Crippen LogP contribution in [0.3, 0.4) is 0 Å². The number of carbonyl (C=O) groups is 2. The minimum absolute atomic E-state index is 0.0204. The van der Waals surface area contributed by atoms with Gasteiger partial charge in [0.05, 0.1) is 11.5 Å². The van der Waals surface area contributed by atoms with Crippen LogP contribution in [-0.4, -0.2) is 47.1 Å². The molecule has 2 aliphatic rings. The minimum atomic E-state index is -0.739. The highest BCUT2D eigenvalue weighted by molar-refractivity contribution is 5.80. The van der Waals surface area contributed by atoms with Crippen LogP contribution >= 0.6 is 0 Å². The molecule has 1 heterocycles. The van der Waals surface area contributed by atoms with Crippen LogP contribution in [0.15, 0.2) is 0 Å². The third-order valence-electron chi connectivity index (χ3n) is 5.03. The molecule has 2 rings (SSSR count). The summed E-state index contributed by atoms with van der Waals surface area (Å²) in [7, 11) is 0. The highest BCUT2D eigenvalue weighted by atomic mass is 16.3. The molecule has 5 heteroatoms. The molecule has 2 fully saturated rings. The standard InChI is InChI=1S/C16H28N2O3/c1-12-5-7-16(21,8-6-12)11-17-15(20)14-4-3-9-18(10-14)13(2)19/h12,14,21H,3-11H2,1-2H3,(H,17,20). The average Bonchev–Trinajstić information content (AvgIpc) is 2.48. The molecule has 0 spiro atoms. The summed E-state index contributed by atoms with van der Waals surface area (Å²) in [4.78, 5) is 25.4. The van der Waals surface area contributed by atoms with Gasteiger partial charge in [0.2, 0.25) is 11.8 Å². The maximum absolute atomic E-state index is 12.3. The van der Waals surface area contributed by atoms with E-state index in [1.54, 1.807) is 11.8 Å². The molecule has 0 aromatic heterocycles. The molecule has 0 aromatic rings. The van der Waals surface area contributed by atoms with Crippen LogP contribution in [0, 0.1) is 11.8 Å². The summed E-state index contributed by atoms with van der Waals surface area (Å²) in [5.41, 5.74) is -0.739. The molecule has 2 amide bonds. The number of aliphatic hydroxyl groups is 1. The third-order valence-corrected chi connectivity index (χ3v) is 5.03. The molecule has 1 saturated carbocycles. The fourth-order valence-corrected chi connectivity index (χ4v) is 3.35. The first kappa shape index (κ1) is 16.3. The zero-order chi connectivity index (χ0) is 15.5. The van der Waals surface area contributed by atoms with E-state index >= 15 is 0 Å². The van der Waals surface area contributed by atoms with Crippen molar-refractivity contribution in [1.29, 1.82) is 0 Å². The molecule has 0 radical (unpaired) electrons. The third kappa shape index (κ3) is 4.43. The van der Waals surface area contributed by atoms with E-state index in [2.05, 4.69) is 12.2 Å². The van der Waals surface area contributed by atoms with E-state index in [4.69, 9.17) is 0 Å². The Bertz CT molecular complexity index is 389. The van der Waals surface area contributed by atoms with Crippen LogP contribution in [0.1, 0.15) is 52.4 Å². The van der Waals surface area contributed by atoms with E-state index in [0.717, 1.165) is 45.1 Å². The lowest BCUT2D eigenvalue weighted by atomic mass is 9.79. The number of hydrogen-bond acceptors (Lipinski definition) is 3. The van der Waals surface area contributed by atoms with E-state index in [-0.39, 0.29) is 17.7 Å². The number of hydrogen-bond donors (Lipinski definition) is 2. The van der Waals surface area contributed by atoms with E-state index < -0.39 is 5.60 Å². The van der Waals surface area contributed by atoms with Gasteiger partial charge in [-0.25, -0.2) is 0 Å². The topological polar surface area (TPSA) is 69.6 Å². The van der Waals surface area contributed by atoms with Crippen molar-refractivity contribution in [2.24, 2.45) is 11.8 Å². The first-order valence-corrected chi connectivity index (χ1v) is 8.15. The maximum atomic E-state index is 12.3. The van der Waals surface area contributed by atoms with Crippen molar-refractivity contribution in [3.05, 3.63) is 0 Å². The fourth-order valence-electron chi connectivity index (χ4n) is 3.35. The van der Waals surface area contributed by atoms with Gasteiger partial charge < -0.3 is 15.3 Å². The molecule has 1 saturated heterocycles. The molecule has 120 valence electrons. The van der Waals surface area contributed by atoms with Crippen molar-refractivity contribution in [2.45, 2.75) is 58.0 Å². The van der Waals surface area contributed by atoms with E-state index in [1.165, 1.54) is 0 Å². The largest absolute Gasteiger partial charge is 0.388 e. The lowest BCUT2D eigenvalue weighted by Gasteiger charge is -2.36. The first-order valence-electron chi connectivity index (χ1n) is 8.15. The van der Waals surface area contributed by atoms with Gasteiger partial charge in [0.15, 0.2) is 0 Å². The Labute approximate surface area is 127 Å². The summed E-state index contributed by atoms with van der Waals surface area (Å²) >= 11 is 0. The monoisotopic (exact) mass is 296 g/mol. The summed E-state index contributed by atoms with van der Waals surface area (Å²) in [5.74, 6) is 0.553. The second kappa shape index (κ2) is 6.77. The fraction of sp³-hybridized carbons (Fsp3) is 0.875. The van der Waals surface area contributed by atoms with Gasteiger partial charge in [0, 0.05) is 26.6 Å². The van der Waals surface area contributed by atoms with E-state index in [1.807, 2.05) is 0 Å². The van der Waals surface area contributed by atoms with Crippen LogP contribution < -0.4 is 5.32 Å². The predicted octanol–water partition coefficient (Wildman–Crippen LogP) is 1.30. The van der Waals surface area contributed by atoms with Crippen LogP contribution in [-0.2, 0) is 9.59 Å². The number of nitrogens with one attached hydrogen (secondary N) is 1. The second-order valence-corrected chi connectivity index (χ2v) is 6.93. The van der Waals surface area contributed by atoms with E-state index in [9.17, 15) is 14.7 Å². The molecule has 0 bridgehead atoms. The quantitative estimate of drug-likeness (QED) is 0.825. The van der Waals surface area contributed by atoms with Crippen molar-refractivity contribution >= 4 is 11.8 Å². The number of carbonyl (C=O) groups excluding carboxylic acids is 2. The molecular formula is C16H28N2O3. The van der Waals surface area contributed by atoms with Crippen LogP contribution in [0.5, 0.6) is 0 Å². The Balaban J connectivity index is 1.80. The Morgan fingerprint density at radius 2 is 1.95 bits per heavy atom. The summed E-state index contributed by atoms with van der Waals surface area (Å²) in [6, 6.07) is 0. The number of piperidine rings is 1. The van der Waals surface area contributed by atoms with Crippen LogP contribution in [0.2, 0.25) is 0 Å². The molecule has 21 heavy (non-hydrogen) atoms. The molecule has 1 aliphatic carbocycles. The van der Waals surface area contributed by atoms with Gasteiger partial charge in [-0.3, -0.25) is 9.59 Å². The summed E-state index contributed by atoms with van der Waals surface area (Å²) in [5, 5.41) is 13.4. The highest BCUT2D eigenvalue weighted by Gasteiger charge is 2.33. The van der Waals surface area contributed by atoms with Crippen molar-refractivity contribution in [3.63, 3.8) is 0 Å². The van der Waals surface area contributed by atoms with Crippen molar-refractivity contribution in [1.82, 2.24) is 10.2 Å². The first-order chi connectivity index (χ1) is 9.89. The Hall–Kier alpha value is -1.10. The summed E-state index contributed by atoms with van der Waals surface area (Å²) in [6.45, 7) is 5.36. The number of likely N-dealkylation sites (tertiary alicyclic amines) is 1. The van der Waals surface area contributed by atoms with Gasteiger partial charge in [-0.1, -0.05) is 6.92 Å². The van der Waals surface area contributed by atoms with Gasteiger partial charge in [-0.15, -0.1) is 0 Å². The van der Waals surface area contributed by atoms with Gasteiger partial charge in [0.25, 0.3) is 0 Å². The minimum Gasteiger partial charge on any atom is -0.388 e. The number of nitrogens with zero attached hydrogens (tertiary/aromatic N) is 1.